The van der Waals surface area contributed by atoms with Gasteiger partial charge in [0.1, 0.15) is 0 Å². The van der Waals surface area contributed by atoms with Crippen molar-refractivity contribution >= 4 is 28.3 Å². The summed E-state index contributed by atoms with van der Waals surface area (Å²) in [5.74, 6) is 0.222. The quantitative estimate of drug-likeness (QED) is 0.753. The van der Waals surface area contributed by atoms with Crippen molar-refractivity contribution in [3.8, 4) is 0 Å². The Morgan fingerprint density at radius 3 is 2.50 bits per heavy atom. The molecule has 0 unspecified atom stereocenters. The van der Waals surface area contributed by atoms with Crippen LogP contribution in [-0.4, -0.2) is 29.8 Å². The molecule has 0 saturated carbocycles. The molecule has 28 heavy (non-hydrogen) atoms. The van der Waals surface area contributed by atoms with Crippen molar-refractivity contribution in [3.63, 3.8) is 0 Å². The second-order valence-electron chi connectivity index (χ2n) is 7.64. The van der Waals surface area contributed by atoms with Crippen LogP contribution < -0.4 is 5.32 Å². The standard InChI is InChI=1S/C23H22N2O3/c26-22(17-10-12-25(13-11-17)23(27)20-5-2-14-28-20)24-19-9-8-16-7-6-15-3-1-4-18(19)21(15)16/h1-5,8-9,14,17H,6-7,10-13H2,(H,24,26). The first-order chi connectivity index (χ1) is 13.7. The minimum Gasteiger partial charge on any atom is -0.459 e. The molecule has 142 valence electrons. The Hall–Kier alpha value is -3.08. The Morgan fingerprint density at radius 1 is 0.964 bits per heavy atom. The molecule has 0 atom stereocenters. The maximum absolute atomic E-state index is 12.9. The Labute approximate surface area is 163 Å². The van der Waals surface area contributed by atoms with Crippen LogP contribution in [0.15, 0.2) is 53.1 Å². The van der Waals surface area contributed by atoms with Crippen molar-refractivity contribution in [1.29, 1.82) is 0 Å². The van der Waals surface area contributed by atoms with Crippen LogP contribution in [0.5, 0.6) is 0 Å². The van der Waals surface area contributed by atoms with E-state index in [0.717, 1.165) is 23.9 Å². The van der Waals surface area contributed by atoms with Gasteiger partial charge in [-0.3, -0.25) is 9.59 Å². The number of amides is 2. The van der Waals surface area contributed by atoms with Gasteiger partial charge >= 0.3 is 0 Å². The molecule has 0 bridgehead atoms. The van der Waals surface area contributed by atoms with Crippen LogP contribution >= 0.6 is 0 Å². The third kappa shape index (κ3) is 2.87. The van der Waals surface area contributed by atoms with E-state index in [0.29, 0.717) is 31.7 Å². The van der Waals surface area contributed by atoms with Gasteiger partial charge in [0, 0.05) is 30.1 Å². The van der Waals surface area contributed by atoms with Crippen molar-refractivity contribution in [2.24, 2.45) is 5.92 Å². The fourth-order valence-corrected chi connectivity index (χ4v) is 4.49. The lowest BCUT2D eigenvalue weighted by Gasteiger charge is -2.30. The fraction of sp³-hybridized carbons (Fsp3) is 0.304. The van der Waals surface area contributed by atoms with E-state index >= 15 is 0 Å². The van der Waals surface area contributed by atoms with Gasteiger partial charge in [-0.2, -0.15) is 0 Å². The SMILES string of the molecule is O=C(Nc1ccc2c3c(cccc13)CC2)C1CCN(C(=O)c2ccco2)CC1. The molecule has 5 rings (SSSR count). The number of carbonyl (C=O) groups excluding carboxylic acids is 2. The van der Waals surface area contributed by atoms with Crippen molar-refractivity contribution in [2.45, 2.75) is 25.7 Å². The normalized spacial score (nSPS) is 16.5. The topological polar surface area (TPSA) is 62.6 Å². The predicted octanol–water partition coefficient (Wildman–Crippen LogP) is 4.02. The molecule has 2 heterocycles. The molecule has 2 aliphatic rings. The van der Waals surface area contributed by atoms with Gasteiger partial charge in [0.25, 0.3) is 5.91 Å². The molecule has 2 amide bonds. The molecule has 2 aromatic carbocycles. The highest BCUT2D eigenvalue weighted by molar-refractivity contribution is 6.05. The summed E-state index contributed by atoms with van der Waals surface area (Å²) in [4.78, 5) is 27.0. The zero-order valence-corrected chi connectivity index (χ0v) is 15.6. The molecule has 1 saturated heterocycles. The maximum atomic E-state index is 12.9. The number of carbonyl (C=O) groups is 2. The molecular weight excluding hydrogens is 352 g/mol. The molecule has 1 aliphatic carbocycles. The zero-order valence-electron chi connectivity index (χ0n) is 15.6. The number of nitrogens with one attached hydrogen (secondary N) is 1. The van der Waals surface area contributed by atoms with Gasteiger partial charge in [-0.05, 0) is 60.4 Å². The smallest absolute Gasteiger partial charge is 0.289 e. The largest absolute Gasteiger partial charge is 0.459 e. The van der Waals surface area contributed by atoms with Crippen molar-refractivity contribution in [1.82, 2.24) is 4.90 Å². The molecule has 1 fully saturated rings. The minimum absolute atomic E-state index is 0.0452. The van der Waals surface area contributed by atoms with Gasteiger partial charge in [-0.15, -0.1) is 0 Å². The minimum atomic E-state index is -0.101. The second-order valence-corrected chi connectivity index (χ2v) is 7.64. The average Bonchev–Trinajstić information content (AvgIpc) is 3.41. The molecular formula is C23H22N2O3. The van der Waals surface area contributed by atoms with E-state index in [1.165, 1.54) is 22.8 Å². The van der Waals surface area contributed by atoms with Crippen LogP contribution in [0.2, 0.25) is 0 Å². The third-order valence-electron chi connectivity index (χ3n) is 6.02. The van der Waals surface area contributed by atoms with Gasteiger partial charge in [0.05, 0.1) is 6.26 Å². The van der Waals surface area contributed by atoms with Crippen molar-refractivity contribution in [3.05, 3.63) is 65.6 Å². The van der Waals surface area contributed by atoms with E-state index in [1.807, 2.05) is 6.07 Å². The highest BCUT2D eigenvalue weighted by Gasteiger charge is 2.29. The monoisotopic (exact) mass is 374 g/mol. The third-order valence-corrected chi connectivity index (χ3v) is 6.02. The molecule has 1 aliphatic heterocycles. The van der Waals surface area contributed by atoms with E-state index in [2.05, 4.69) is 29.6 Å². The lowest BCUT2D eigenvalue weighted by Crippen LogP contribution is -2.41. The molecule has 1 aromatic heterocycles. The fourth-order valence-electron chi connectivity index (χ4n) is 4.49. The van der Waals surface area contributed by atoms with Crippen LogP contribution in [-0.2, 0) is 17.6 Å². The number of anilines is 1. The molecule has 1 N–H and O–H groups in total. The van der Waals surface area contributed by atoms with E-state index in [9.17, 15) is 9.59 Å². The van der Waals surface area contributed by atoms with Crippen LogP contribution in [0.1, 0.15) is 34.5 Å². The summed E-state index contributed by atoms with van der Waals surface area (Å²) in [5.41, 5.74) is 3.63. The maximum Gasteiger partial charge on any atom is 0.289 e. The number of piperidine rings is 1. The average molecular weight is 374 g/mol. The zero-order chi connectivity index (χ0) is 19.1. The van der Waals surface area contributed by atoms with Gasteiger partial charge < -0.3 is 14.6 Å². The Kier molecular flexibility index (Phi) is 4.15. The van der Waals surface area contributed by atoms with E-state index in [4.69, 9.17) is 4.42 Å². The first-order valence-electron chi connectivity index (χ1n) is 9.88. The summed E-state index contributed by atoms with van der Waals surface area (Å²) >= 11 is 0. The van der Waals surface area contributed by atoms with Crippen LogP contribution in [0.4, 0.5) is 5.69 Å². The molecule has 0 spiro atoms. The van der Waals surface area contributed by atoms with E-state index < -0.39 is 0 Å². The summed E-state index contributed by atoms with van der Waals surface area (Å²) in [6.07, 6.45) is 4.99. The highest BCUT2D eigenvalue weighted by Crippen LogP contribution is 2.35. The first kappa shape index (κ1) is 17.0. The van der Waals surface area contributed by atoms with E-state index in [1.54, 1.807) is 17.0 Å². The van der Waals surface area contributed by atoms with E-state index in [-0.39, 0.29) is 17.7 Å². The van der Waals surface area contributed by atoms with Crippen LogP contribution in [0, 0.1) is 5.92 Å². The number of benzene rings is 2. The number of aryl methyl sites for hydroxylation is 2. The number of furan rings is 1. The highest BCUT2D eigenvalue weighted by atomic mass is 16.3. The van der Waals surface area contributed by atoms with Gasteiger partial charge in [-0.25, -0.2) is 0 Å². The lowest BCUT2D eigenvalue weighted by atomic mass is 9.95. The molecule has 5 heteroatoms. The number of hydrogen-bond acceptors (Lipinski definition) is 3. The van der Waals surface area contributed by atoms with Crippen LogP contribution in [0.25, 0.3) is 10.8 Å². The number of hydrogen-bond donors (Lipinski definition) is 1. The molecule has 5 nitrogen and oxygen atoms in total. The van der Waals surface area contributed by atoms with Gasteiger partial charge in [0.15, 0.2) is 5.76 Å². The predicted molar refractivity (Wildman–Crippen MR) is 107 cm³/mol. The second kappa shape index (κ2) is 6.82. The summed E-state index contributed by atoms with van der Waals surface area (Å²) in [6, 6.07) is 13.9. The Morgan fingerprint density at radius 2 is 1.75 bits per heavy atom. The van der Waals surface area contributed by atoms with Crippen molar-refractivity contribution in [2.75, 3.05) is 18.4 Å². The number of rotatable bonds is 3. The first-order valence-corrected chi connectivity index (χ1v) is 9.88. The Balaban J connectivity index is 1.28. The van der Waals surface area contributed by atoms with Crippen molar-refractivity contribution < 1.29 is 14.0 Å². The summed E-state index contributed by atoms with van der Waals surface area (Å²) in [5, 5.41) is 5.58. The Bertz CT molecular complexity index is 1040. The van der Waals surface area contributed by atoms with Gasteiger partial charge in [0.2, 0.25) is 5.91 Å². The summed E-state index contributed by atoms with van der Waals surface area (Å²) in [6.45, 7) is 1.14. The number of nitrogens with zero attached hydrogens (tertiary/aromatic N) is 1. The molecule has 3 aromatic rings. The van der Waals surface area contributed by atoms with Gasteiger partial charge in [-0.1, -0.05) is 24.3 Å². The lowest BCUT2D eigenvalue weighted by molar-refractivity contribution is -0.121. The van der Waals surface area contributed by atoms with Crippen LogP contribution in [0.3, 0.4) is 0 Å². The molecule has 0 radical (unpaired) electrons. The summed E-state index contributed by atoms with van der Waals surface area (Å²) in [7, 11) is 0. The summed E-state index contributed by atoms with van der Waals surface area (Å²) < 4.78 is 5.20. The number of likely N-dealkylation sites (tertiary alicyclic amines) is 1.